The lowest BCUT2D eigenvalue weighted by Crippen LogP contribution is -2.57. The van der Waals surface area contributed by atoms with Gasteiger partial charge in [-0.25, -0.2) is 28.2 Å². The van der Waals surface area contributed by atoms with E-state index >= 15 is 0 Å². The Morgan fingerprint density at radius 3 is 2.69 bits per heavy atom. The van der Waals surface area contributed by atoms with Crippen LogP contribution in [0.15, 0.2) is 37.1 Å². The molecule has 6 rings (SSSR count). The highest BCUT2D eigenvalue weighted by atomic mass is 35.5. The fourth-order valence-corrected chi connectivity index (χ4v) is 4.97. The fourth-order valence-electron chi connectivity index (χ4n) is 4.80. The van der Waals surface area contributed by atoms with Gasteiger partial charge in [-0.3, -0.25) is 4.40 Å². The zero-order valence-electron chi connectivity index (χ0n) is 15.2. The minimum Gasteiger partial charge on any atom is -0.350 e. The van der Waals surface area contributed by atoms with E-state index in [2.05, 4.69) is 25.4 Å². The van der Waals surface area contributed by atoms with Crippen molar-refractivity contribution in [1.82, 2.24) is 29.0 Å². The molecule has 4 aromatic heterocycles. The standard InChI is InChI=1S/C19H16ClF2N7/c20-15-7-25-17-24-5-11(8-28(15)17)13-1-2-29-14(13)6-23-16(27-29)26-12-3-18(4-12)9-19(21,22)10-18/h1-2,5-8,12H,3-4,9-10H2,(H,26,27). The second-order valence-corrected chi connectivity index (χ2v) is 8.58. The maximum absolute atomic E-state index is 13.1. The molecule has 148 valence electrons. The van der Waals surface area contributed by atoms with E-state index in [1.54, 1.807) is 27.5 Å². The Labute approximate surface area is 168 Å². The largest absolute Gasteiger partial charge is 0.350 e. The average molecular weight is 416 g/mol. The van der Waals surface area contributed by atoms with Gasteiger partial charge in [-0.2, -0.15) is 0 Å². The molecule has 1 N–H and O–H groups in total. The van der Waals surface area contributed by atoms with Crippen LogP contribution in [0.3, 0.4) is 0 Å². The zero-order chi connectivity index (χ0) is 19.8. The van der Waals surface area contributed by atoms with Crippen molar-refractivity contribution in [3.8, 4) is 11.1 Å². The quantitative estimate of drug-likeness (QED) is 0.545. The lowest BCUT2D eigenvalue weighted by molar-refractivity contribution is -0.193. The minimum atomic E-state index is -2.47. The van der Waals surface area contributed by atoms with Crippen LogP contribution in [0.4, 0.5) is 14.7 Å². The molecule has 0 bridgehead atoms. The van der Waals surface area contributed by atoms with E-state index in [0.29, 0.717) is 16.9 Å². The van der Waals surface area contributed by atoms with Crippen molar-refractivity contribution in [2.24, 2.45) is 5.41 Å². The van der Waals surface area contributed by atoms with Crippen LogP contribution in [0.1, 0.15) is 25.7 Å². The number of nitrogens with zero attached hydrogens (tertiary/aromatic N) is 6. The van der Waals surface area contributed by atoms with Gasteiger partial charge in [0.25, 0.3) is 0 Å². The molecule has 7 nitrogen and oxygen atoms in total. The molecule has 0 aromatic carbocycles. The second-order valence-electron chi connectivity index (χ2n) is 8.19. The molecule has 29 heavy (non-hydrogen) atoms. The van der Waals surface area contributed by atoms with Crippen molar-refractivity contribution in [2.75, 3.05) is 5.32 Å². The summed E-state index contributed by atoms with van der Waals surface area (Å²) < 4.78 is 29.8. The van der Waals surface area contributed by atoms with Crippen LogP contribution in [0.2, 0.25) is 5.15 Å². The summed E-state index contributed by atoms with van der Waals surface area (Å²) in [6.45, 7) is 0. The molecule has 0 saturated heterocycles. The molecule has 2 aliphatic carbocycles. The van der Waals surface area contributed by atoms with Gasteiger partial charge in [0.1, 0.15) is 5.15 Å². The first-order valence-corrected chi connectivity index (χ1v) is 9.75. The Morgan fingerprint density at radius 1 is 1.10 bits per heavy atom. The number of hydrogen-bond acceptors (Lipinski definition) is 5. The van der Waals surface area contributed by atoms with Crippen LogP contribution in [-0.4, -0.2) is 40.9 Å². The monoisotopic (exact) mass is 415 g/mol. The molecular weight excluding hydrogens is 400 g/mol. The molecule has 4 heterocycles. The first-order chi connectivity index (χ1) is 13.9. The average Bonchev–Trinajstić information content (AvgIpc) is 3.22. The number of imidazole rings is 1. The predicted octanol–water partition coefficient (Wildman–Crippen LogP) is 4.08. The van der Waals surface area contributed by atoms with Crippen LogP contribution < -0.4 is 5.32 Å². The third kappa shape index (κ3) is 2.67. The zero-order valence-corrected chi connectivity index (χ0v) is 15.9. The third-order valence-corrected chi connectivity index (χ3v) is 6.29. The summed E-state index contributed by atoms with van der Waals surface area (Å²) in [6, 6.07) is 2.09. The maximum atomic E-state index is 13.1. The van der Waals surface area contributed by atoms with Gasteiger partial charge in [-0.1, -0.05) is 11.6 Å². The Hall–Kier alpha value is -2.81. The van der Waals surface area contributed by atoms with E-state index in [1.807, 2.05) is 18.5 Å². The smallest absolute Gasteiger partial charge is 0.249 e. The number of rotatable bonds is 3. The Balaban J connectivity index is 1.23. The molecule has 0 radical (unpaired) electrons. The van der Waals surface area contributed by atoms with Gasteiger partial charge in [0.05, 0.1) is 17.9 Å². The SMILES string of the molecule is FC1(F)CC2(CC(Nc3ncc4c(-c5cnc6ncc(Cl)n6c5)ccn4n3)C2)C1. The van der Waals surface area contributed by atoms with Crippen LogP contribution >= 0.6 is 11.6 Å². The molecule has 0 amide bonds. The van der Waals surface area contributed by atoms with Gasteiger partial charge in [-0.05, 0) is 24.3 Å². The summed E-state index contributed by atoms with van der Waals surface area (Å²) in [5, 5.41) is 8.27. The van der Waals surface area contributed by atoms with E-state index in [-0.39, 0.29) is 24.3 Å². The van der Waals surface area contributed by atoms with Gasteiger partial charge in [-0.15, -0.1) is 5.10 Å². The van der Waals surface area contributed by atoms with Crippen molar-refractivity contribution in [1.29, 1.82) is 0 Å². The third-order valence-electron chi connectivity index (χ3n) is 6.01. The first kappa shape index (κ1) is 17.1. The van der Waals surface area contributed by atoms with Crippen LogP contribution in [0.5, 0.6) is 0 Å². The van der Waals surface area contributed by atoms with Gasteiger partial charge < -0.3 is 5.32 Å². The Kier molecular flexibility index (Phi) is 3.31. The molecule has 0 aliphatic heterocycles. The summed E-state index contributed by atoms with van der Waals surface area (Å²) in [5.74, 6) is -1.44. The number of fused-ring (bicyclic) bond motifs is 2. The summed E-state index contributed by atoms with van der Waals surface area (Å²) in [7, 11) is 0. The lowest BCUT2D eigenvalue weighted by atomic mass is 9.52. The fraction of sp³-hybridized carbons (Fsp3) is 0.368. The lowest BCUT2D eigenvalue weighted by Gasteiger charge is -2.57. The van der Waals surface area contributed by atoms with Gasteiger partial charge >= 0.3 is 0 Å². The van der Waals surface area contributed by atoms with Gasteiger partial charge in [0.15, 0.2) is 0 Å². The normalized spacial score (nSPS) is 20.1. The number of anilines is 1. The van der Waals surface area contributed by atoms with E-state index < -0.39 is 5.92 Å². The maximum Gasteiger partial charge on any atom is 0.249 e. The van der Waals surface area contributed by atoms with E-state index in [1.165, 1.54) is 0 Å². The van der Waals surface area contributed by atoms with Crippen molar-refractivity contribution in [3.63, 3.8) is 0 Å². The van der Waals surface area contributed by atoms with Crippen molar-refractivity contribution in [2.45, 2.75) is 37.6 Å². The van der Waals surface area contributed by atoms with Gasteiger partial charge in [0.2, 0.25) is 17.6 Å². The summed E-state index contributed by atoms with van der Waals surface area (Å²) in [5.41, 5.74) is 2.45. The molecule has 0 atom stereocenters. The van der Waals surface area contributed by atoms with Crippen molar-refractivity contribution < 1.29 is 8.78 Å². The number of nitrogens with one attached hydrogen (secondary N) is 1. The molecule has 10 heteroatoms. The number of hydrogen-bond donors (Lipinski definition) is 1. The number of aromatic nitrogens is 6. The molecule has 0 unspecified atom stereocenters. The van der Waals surface area contributed by atoms with E-state index in [0.717, 1.165) is 29.5 Å². The Bertz CT molecular complexity index is 1250. The molecular formula is C19H16ClF2N7. The number of halogens is 3. The predicted molar refractivity (Wildman–Crippen MR) is 103 cm³/mol. The van der Waals surface area contributed by atoms with E-state index in [4.69, 9.17) is 11.6 Å². The highest BCUT2D eigenvalue weighted by molar-refractivity contribution is 6.29. The molecule has 2 aliphatic rings. The minimum absolute atomic E-state index is 0.0122. The van der Waals surface area contributed by atoms with Crippen LogP contribution in [-0.2, 0) is 0 Å². The molecule has 2 saturated carbocycles. The first-order valence-electron chi connectivity index (χ1n) is 9.38. The second kappa shape index (κ2) is 5.63. The molecule has 2 fully saturated rings. The summed E-state index contributed by atoms with van der Waals surface area (Å²) in [4.78, 5) is 12.9. The van der Waals surface area contributed by atoms with Gasteiger partial charge in [0, 0.05) is 48.6 Å². The van der Waals surface area contributed by atoms with Crippen molar-refractivity contribution in [3.05, 3.63) is 42.2 Å². The highest BCUT2D eigenvalue weighted by Gasteiger charge is 2.61. The number of alkyl halides is 2. The topological polar surface area (TPSA) is 72.4 Å². The highest BCUT2D eigenvalue weighted by Crippen LogP contribution is 2.62. The van der Waals surface area contributed by atoms with Crippen LogP contribution in [0, 0.1) is 5.41 Å². The van der Waals surface area contributed by atoms with Crippen molar-refractivity contribution >= 4 is 28.8 Å². The Morgan fingerprint density at radius 2 is 1.90 bits per heavy atom. The van der Waals surface area contributed by atoms with E-state index in [9.17, 15) is 8.78 Å². The molecule has 1 spiro atoms. The van der Waals surface area contributed by atoms with Crippen LogP contribution in [0.25, 0.3) is 22.4 Å². The summed E-state index contributed by atoms with van der Waals surface area (Å²) >= 11 is 6.14. The molecule has 4 aromatic rings. The summed E-state index contributed by atoms with van der Waals surface area (Å²) in [6.07, 6.45) is 10.3.